The van der Waals surface area contributed by atoms with Crippen LogP contribution in [0.15, 0.2) is 0 Å². The standard InChI is InChI=1S/C10H22N2O4S2/c1-2-11-5-3-9-18(15,16)12-6-4-8-17(13,14)10-7-12/h11H,2-10H2,1H3. The minimum absolute atomic E-state index is 0.0561. The van der Waals surface area contributed by atoms with Gasteiger partial charge in [-0.15, -0.1) is 0 Å². The molecule has 1 aliphatic rings. The third kappa shape index (κ3) is 5.21. The van der Waals surface area contributed by atoms with Crippen LogP contribution in [0, 0.1) is 0 Å². The van der Waals surface area contributed by atoms with Crippen molar-refractivity contribution in [3.05, 3.63) is 0 Å². The molecule has 0 saturated carbocycles. The Hall–Kier alpha value is -0.180. The van der Waals surface area contributed by atoms with Gasteiger partial charge in [0.25, 0.3) is 0 Å². The van der Waals surface area contributed by atoms with Crippen molar-refractivity contribution in [3.8, 4) is 0 Å². The van der Waals surface area contributed by atoms with Crippen LogP contribution >= 0.6 is 0 Å². The fourth-order valence-corrected chi connectivity index (χ4v) is 4.81. The summed E-state index contributed by atoms with van der Waals surface area (Å²) in [4.78, 5) is 0. The molecule has 1 heterocycles. The first-order valence-corrected chi connectivity index (χ1v) is 9.69. The molecule has 0 spiro atoms. The second-order valence-corrected chi connectivity index (χ2v) is 8.82. The molecule has 0 aromatic carbocycles. The first-order chi connectivity index (χ1) is 8.37. The number of nitrogens with one attached hydrogen (secondary N) is 1. The van der Waals surface area contributed by atoms with E-state index >= 15 is 0 Å². The summed E-state index contributed by atoms with van der Waals surface area (Å²) in [5.41, 5.74) is 0. The molecule has 1 saturated heterocycles. The van der Waals surface area contributed by atoms with Crippen molar-refractivity contribution in [1.82, 2.24) is 9.62 Å². The minimum Gasteiger partial charge on any atom is -0.317 e. The van der Waals surface area contributed by atoms with Crippen LogP contribution in [0.4, 0.5) is 0 Å². The van der Waals surface area contributed by atoms with E-state index in [0.717, 1.165) is 6.54 Å². The van der Waals surface area contributed by atoms with Gasteiger partial charge in [0.2, 0.25) is 10.0 Å². The number of sulfone groups is 1. The van der Waals surface area contributed by atoms with Gasteiger partial charge in [-0.3, -0.25) is 0 Å². The molecule has 0 aromatic heterocycles. The third-order valence-corrected chi connectivity index (χ3v) is 6.59. The Morgan fingerprint density at radius 2 is 1.94 bits per heavy atom. The van der Waals surface area contributed by atoms with Gasteiger partial charge in [-0.05, 0) is 25.9 Å². The van der Waals surface area contributed by atoms with E-state index in [2.05, 4.69) is 5.32 Å². The van der Waals surface area contributed by atoms with Crippen LogP contribution < -0.4 is 5.32 Å². The van der Waals surface area contributed by atoms with E-state index < -0.39 is 19.9 Å². The van der Waals surface area contributed by atoms with Crippen LogP contribution in [-0.2, 0) is 19.9 Å². The second kappa shape index (κ2) is 6.83. The smallest absolute Gasteiger partial charge is 0.214 e. The van der Waals surface area contributed by atoms with Crippen molar-refractivity contribution < 1.29 is 16.8 Å². The topological polar surface area (TPSA) is 83.6 Å². The molecule has 1 N–H and O–H groups in total. The SMILES string of the molecule is CCNCCCS(=O)(=O)N1CCCS(=O)(=O)CC1. The van der Waals surface area contributed by atoms with Gasteiger partial charge in [0.05, 0.1) is 17.3 Å². The van der Waals surface area contributed by atoms with Crippen molar-refractivity contribution in [2.24, 2.45) is 0 Å². The van der Waals surface area contributed by atoms with Crippen molar-refractivity contribution in [1.29, 1.82) is 0 Å². The molecule has 8 heteroatoms. The summed E-state index contributed by atoms with van der Waals surface area (Å²) in [7, 11) is -6.37. The molecule has 1 fully saturated rings. The van der Waals surface area contributed by atoms with Gasteiger partial charge in [0.15, 0.2) is 9.84 Å². The summed E-state index contributed by atoms with van der Waals surface area (Å²) < 4.78 is 48.2. The van der Waals surface area contributed by atoms with Gasteiger partial charge < -0.3 is 5.32 Å². The normalized spacial score (nSPS) is 21.6. The summed E-state index contributed by atoms with van der Waals surface area (Å²) in [5, 5.41) is 3.07. The van der Waals surface area contributed by atoms with Crippen LogP contribution in [0.3, 0.4) is 0 Å². The van der Waals surface area contributed by atoms with E-state index in [1.807, 2.05) is 6.92 Å². The molecular weight excluding hydrogens is 276 g/mol. The van der Waals surface area contributed by atoms with Crippen molar-refractivity contribution in [3.63, 3.8) is 0 Å². The maximum atomic E-state index is 12.0. The highest BCUT2D eigenvalue weighted by Crippen LogP contribution is 2.10. The van der Waals surface area contributed by atoms with E-state index in [0.29, 0.717) is 25.9 Å². The monoisotopic (exact) mass is 298 g/mol. The quantitative estimate of drug-likeness (QED) is 0.664. The van der Waals surface area contributed by atoms with Gasteiger partial charge in [-0.1, -0.05) is 6.92 Å². The number of nitrogens with zero attached hydrogens (tertiary/aromatic N) is 1. The summed E-state index contributed by atoms with van der Waals surface area (Å²) >= 11 is 0. The van der Waals surface area contributed by atoms with E-state index in [1.54, 1.807) is 0 Å². The molecular formula is C10H22N2O4S2. The van der Waals surface area contributed by atoms with Gasteiger partial charge in [0, 0.05) is 13.1 Å². The van der Waals surface area contributed by atoms with Crippen LogP contribution in [0.25, 0.3) is 0 Å². The van der Waals surface area contributed by atoms with Crippen molar-refractivity contribution >= 4 is 19.9 Å². The Morgan fingerprint density at radius 1 is 1.22 bits per heavy atom. The van der Waals surface area contributed by atoms with Crippen LogP contribution in [-0.4, -0.2) is 64.6 Å². The van der Waals surface area contributed by atoms with Crippen molar-refractivity contribution in [2.75, 3.05) is 43.4 Å². The molecule has 0 radical (unpaired) electrons. The van der Waals surface area contributed by atoms with Gasteiger partial charge in [-0.25, -0.2) is 21.1 Å². The first kappa shape index (κ1) is 15.9. The molecule has 0 aromatic rings. The molecule has 0 unspecified atom stereocenters. The highest BCUT2D eigenvalue weighted by Gasteiger charge is 2.26. The highest BCUT2D eigenvalue weighted by molar-refractivity contribution is 7.91. The summed E-state index contributed by atoms with van der Waals surface area (Å²) in [6.45, 7) is 3.88. The molecule has 0 bridgehead atoms. The zero-order chi connectivity index (χ0) is 13.6. The van der Waals surface area contributed by atoms with Gasteiger partial charge in [0.1, 0.15) is 0 Å². The van der Waals surface area contributed by atoms with Gasteiger partial charge >= 0.3 is 0 Å². The zero-order valence-electron chi connectivity index (χ0n) is 10.8. The molecule has 108 valence electrons. The maximum absolute atomic E-state index is 12.0. The number of sulfonamides is 1. The number of rotatable bonds is 6. The average Bonchev–Trinajstić information content (AvgIpc) is 2.46. The maximum Gasteiger partial charge on any atom is 0.214 e. The molecule has 18 heavy (non-hydrogen) atoms. The predicted molar refractivity (Wildman–Crippen MR) is 71.8 cm³/mol. The fraction of sp³-hybridized carbons (Fsp3) is 1.00. The van der Waals surface area contributed by atoms with E-state index in [4.69, 9.17) is 0 Å². The summed E-state index contributed by atoms with van der Waals surface area (Å²) in [5.74, 6) is 0.121. The van der Waals surface area contributed by atoms with E-state index in [-0.39, 0.29) is 23.8 Å². The lowest BCUT2D eigenvalue weighted by atomic mass is 10.5. The molecule has 6 nitrogen and oxygen atoms in total. The minimum atomic E-state index is -3.31. The Bertz CT molecular complexity index is 444. The Morgan fingerprint density at radius 3 is 2.61 bits per heavy atom. The second-order valence-electron chi connectivity index (χ2n) is 4.43. The average molecular weight is 298 g/mol. The molecule has 1 aliphatic heterocycles. The predicted octanol–water partition coefficient (Wildman–Crippen LogP) is -0.564. The molecule has 0 aliphatic carbocycles. The molecule has 0 amide bonds. The van der Waals surface area contributed by atoms with E-state index in [1.165, 1.54) is 4.31 Å². The van der Waals surface area contributed by atoms with Crippen LogP contribution in [0.5, 0.6) is 0 Å². The Balaban J connectivity index is 2.51. The lowest BCUT2D eigenvalue weighted by Gasteiger charge is -2.19. The molecule has 1 rings (SSSR count). The highest BCUT2D eigenvalue weighted by atomic mass is 32.2. The Labute approximate surface area is 110 Å². The first-order valence-electron chi connectivity index (χ1n) is 6.26. The molecule has 0 atom stereocenters. The van der Waals surface area contributed by atoms with Gasteiger partial charge in [-0.2, -0.15) is 0 Å². The number of hydrogen-bond acceptors (Lipinski definition) is 5. The summed E-state index contributed by atoms with van der Waals surface area (Å²) in [6.07, 6.45) is 0.953. The fourth-order valence-electron chi connectivity index (χ4n) is 1.88. The number of hydrogen-bond donors (Lipinski definition) is 1. The third-order valence-electron chi connectivity index (χ3n) is 2.91. The van der Waals surface area contributed by atoms with Crippen LogP contribution in [0.1, 0.15) is 19.8 Å². The van der Waals surface area contributed by atoms with Crippen molar-refractivity contribution in [2.45, 2.75) is 19.8 Å². The lowest BCUT2D eigenvalue weighted by molar-refractivity contribution is 0.433. The largest absolute Gasteiger partial charge is 0.317 e. The zero-order valence-corrected chi connectivity index (χ0v) is 12.4. The Kier molecular flexibility index (Phi) is 6.03. The summed E-state index contributed by atoms with van der Waals surface area (Å²) in [6, 6.07) is 0. The van der Waals surface area contributed by atoms with E-state index in [9.17, 15) is 16.8 Å². The lowest BCUT2D eigenvalue weighted by Crippen LogP contribution is -2.36. The van der Waals surface area contributed by atoms with Crippen LogP contribution in [0.2, 0.25) is 0 Å².